The number of fused-ring (bicyclic) bond motifs is 1. The van der Waals surface area contributed by atoms with Gasteiger partial charge in [0.05, 0.1) is 17.5 Å². The summed E-state index contributed by atoms with van der Waals surface area (Å²) in [5, 5.41) is 0. The van der Waals surface area contributed by atoms with Crippen LogP contribution in [0.15, 0.2) is 34.8 Å². The minimum absolute atomic E-state index is 0.0198. The lowest BCUT2D eigenvalue weighted by molar-refractivity contribution is -0.124. The number of nitrogens with zero attached hydrogens (tertiary/aromatic N) is 1. The maximum Gasteiger partial charge on any atom is 0.238 e. The molecule has 0 radical (unpaired) electrons. The molecular weight excluding hydrogens is 330 g/mol. The zero-order chi connectivity index (χ0) is 14.7. The molecule has 0 N–H and O–H groups in total. The van der Waals surface area contributed by atoms with Crippen molar-refractivity contribution < 1.29 is 9.59 Å². The summed E-state index contributed by atoms with van der Waals surface area (Å²) < 4.78 is 0.808. The van der Waals surface area contributed by atoms with Gasteiger partial charge >= 0.3 is 0 Å². The van der Waals surface area contributed by atoms with E-state index >= 15 is 0 Å². The number of aryl methyl sites for hydroxylation is 1. The van der Waals surface area contributed by atoms with Crippen LogP contribution in [0.4, 0.5) is 5.69 Å². The molecule has 2 fully saturated rings. The van der Waals surface area contributed by atoms with Gasteiger partial charge in [0.2, 0.25) is 11.8 Å². The highest BCUT2D eigenvalue weighted by atomic mass is 79.9. The van der Waals surface area contributed by atoms with Gasteiger partial charge in [-0.3, -0.25) is 9.59 Å². The Balaban J connectivity index is 1.78. The van der Waals surface area contributed by atoms with Crippen LogP contribution in [-0.4, -0.2) is 11.8 Å². The predicted molar refractivity (Wildman–Crippen MR) is 83.7 cm³/mol. The fourth-order valence-corrected chi connectivity index (χ4v) is 4.78. The molecule has 108 valence electrons. The van der Waals surface area contributed by atoms with Crippen molar-refractivity contribution in [3.63, 3.8) is 0 Å². The van der Waals surface area contributed by atoms with Gasteiger partial charge < -0.3 is 0 Å². The second-order valence-corrected chi connectivity index (χ2v) is 7.16. The molecule has 1 aromatic rings. The maximum absolute atomic E-state index is 12.8. The third-order valence-electron chi connectivity index (χ3n) is 5.10. The summed E-state index contributed by atoms with van der Waals surface area (Å²) in [6.07, 6.45) is 6.36. The van der Waals surface area contributed by atoms with Crippen molar-refractivity contribution in [3.05, 3.63) is 40.4 Å². The van der Waals surface area contributed by atoms with Gasteiger partial charge in [0.1, 0.15) is 0 Å². The number of anilines is 1. The van der Waals surface area contributed by atoms with Crippen molar-refractivity contribution in [2.75, 3.05) is 4.90 Å². The van der Waals surface area contributed by atoms with E-state index in [1.54, 1.807) is 0 Å². The van der Waals surface area contributed by atoms with Gasteiger partial charge in [0, 0.05) is 4.47 Å². The average molecular weight is 346 g/mol. The van der Waals surface area contributed by atoms with E-state index in [-0.39, 0.29) is 35.5 Å². The first-order valence-corrected chi connectivity index (χ1v) is 8.19. The zero-order valence-electron chi connectivity index (χ0n) is 11.8. The van der Waals surface area contributed by atoms with Gasteiger partial charge in [-0.15, -0.1) is 0 Å². The summed E-state index contributed by atoms with van der Waals surface area (Å²) in [5.74, 6) is 0.155. The number of hydrogen-bond acceptors (Lipinski definition) is 2. The van der Waals surface area contributed by atoms with Crippen LogP contribution in [0.3, 0.4) is 0 Å². The van der Waals surface area contributed by atoms with Crippen LogP contribution in [0.25, 0.3) is 0 Å². The Morgan fingerprint density at radius 1 is 1.05 bits per heavy atom. The molecule has 4 aliphatic rings. The molecule has 2 bridgehead atoms. The van der Waals surface area contributed by atoms with E-state index in [1.807, 2.05) is 25.1 Å². The van der Waals surface area contributed by atoms with Crippen LogP contribution in [0, 0.1) is 30.6 Å². The quantitative estimate of drug-likeness (QED) is 0.577. The van der Waals surface area contributed by atoms with Crippen molar-refractivity contribution in [1.29, 1.82) is 0 Å². The minimum atomic E-state index is -0.144. The van der Waals surface area contributed by atoms with Crippen LogP contribution in [0.5, 0.6) is 0 Å². The van der Waals surface area contributed by atoms with Gasteiger partial charge in [-0.1, -0.05) is 18.2 Å². The Hall–Kier alpha value is -1.42. The Bertz CT molecular complexity index is 649. The monoisotopic (exact) mass is 345 g/mol. The van der Waals surface area contributed by atoms with E-state index in [9.17, 15) is 9.59 Å². The second-order valence-electron chi connectivity index (χ2n) is 6.31. The Morgan fingerprint density at radius 2 is 1.62 bits per heavy atom. The van der Waals surface area contributed by atoms with Crippen molar-refractivity contribution in [2.45, 2.75) is 19.8 Å². The molecule has 0 spiro atoms. The molecule has 4 atom stereocenters. The number of hydrogen-bond donors (Lipinski definition) is 0. The zero-order valence-corrected chi connectivity index (χ0v) is 13.3. The summed E-state index contributed by atoms with van der Waals surface area (Å²) >= 11 is 3.50. The highest BCUT2D eigenvalue weighted by Gasteiger charge is 2.57. The third kappa shape index (κ3) is 1.78. The Labute approximate surface area is 132 Å². The highest BCUT2D eigenvalue weighted by molar-refractivity contribution is 9.10. The molecular formula is C17H16BrNO2. The molecule has 3 nitrogen and oxygen atoms in total. The van der Waals surface area contributed by atoms with Gasteiger partial charge in [-0.25, -0.2) is 4.90 Å². The molecule has 3 aliphatic carbocycles. The van der Waals surface area contributed by atoms with E-state index in [0.29, 0.717) is 5.69 Å². The number of carbonyl (C=O) groups is 2. The molecule has 2 amide bonds. The largest absolute Gasteiger partial charge is 0.274 e. The van der Waals surface area contributed by atoms with Crippen molar-refractivity contribution in [2.24, 2.45) is 23.7 Å². The van der Waals surface area contributed by atoms with Gasteiger partial charge in [-0.2, -0.15) is 0 Å². The van der Waals surface area contributed by atoms with Gasteiger partial charge in [-0.05, 0) is 65.2 Å². The number of rotatable bonds is 1. The normalized spacial score (nSPS) is 33.7. The van der Waals surface area contributed by atoms with E-state index in [2.05, 4.69) is 28.1 Å². The number of allylic oxidation sites excluding steroid dienone is 2. The van der Waals surface area contributed by atoms with Crippen LogP contribution < -0.4 is 4.90 Å². The average Bonchev–Trinajstić information content (AvgIpc) is 2.75. The smallest absolute Gasteiger partial charge is 0.238 e. The summed E-state index contributed by atoms with van der Waals surface area (Å²) in [7, 11) is 0. The fraction of sp³-hybridized carbons (Fsp3) is 0.412. The first-order valence-electron chi connectivity index (χ1n) is 7.40. The van der Waals surface area contributed by atoms with Crippen molar-refractivity contribution in [3.8, 4) is 0 Å². The molecule has 4 unspecified atom stereocenters. The van der Waals surface area contributed by atoms with Crippen molar-refractivity contribution >= 4 is 33.4 Å². The molecule has 1 heterocycles. The lowest BCUT2D eigenvalue weighted by atomic mass is 9.63. The van der Waals surface area contributed by atoms with Crippen LogP contribution in [0.2, 0.25) is 0 Å². The molecule has 1 saturated carbocycles. The fourth-order valence-electron chi connectivity index (χ4n) is 4.10. The topological polar surface area (TPSA) is 37.4 Å². The Kier molecular flexibility index (Phi) is 2.86. The second kappa shape index (κ2) is 4.54. The molecule has 1 aliphatic heterocycles. The number of carbonyl (C=O) groups excluding carboxylic acids is 2. The van der Waals surface area contributed by atoms with E-state index in [1.165, 1.54) is 4.90 Å². The molecule has 21 heavy (non-hydrogen) atoms. The SMILES string of the molecule is Cc1ccc(N2C(=O)C3C4C=CC(CC4)C3C2=O)c(Br)c1. The lowest BCUT2D eigenvalue weighted by Gasteiger charge is -2.38. The molecule has 0 aromatic heterocycles. The lowest BCUT2D eigenvalue weighted by Crippen LogP contribution is -2.38. The summed E-state index contributed by atoms with van der Waals surface area (Å²) in [5.41, 5.74) is 1.79. The summed E-state index contributed by atoms with van der Waals surface area (Å²) in [4.78, 5) is 27.1. The maximum atomic E-state index is 12.8. The van der Waals surface area contributed by atoms with E-state index in [4.69, 9.17) is 0 Å². The minimum Gasteiger partial charge on any atom is -0.274 e. The standard InChI is InChI=1S/C17H16BrNO2/c1-9-2-7-13(12(18)8-9)19-16(20)14-10-3-4-11(6-5-10)15(14)17(19)21/h2-4,7-8,10-11,14-15H,5-6H2,1H3. The van der Waals surface area contributed by atoms with Crippen molar-refractivity contribution in [1.82, 2.24) is 0 Å². The first kappa shape index (κ1) is 13.3. The van der Waals surface area contributed by atoms with Crippen LogP contribution in [-0.2, 0) is 9.59 Å². The van der Waals surface area contributed by atoms with Crippen LogP contribution in [0.1, 0.15) is 18.4 Å². The van der Waals surface area contributed by atoms with E-state index in [0.717, 1.165) is 22.9 Å². The molecule has 1 saturated heterocycles. The number of imide groups is 1. The molecule has 5 rings (SSSR count). The third-order valence-corrected chi connectivity index (χ3v) is 5.74. The number of benzene rings is 1. The number of halogens is 1. The predicted octanol–water partition coefficient (Wildman–Crippen LogP) is 3.46. The number of amides is 2. The first-order chi connectivity index (χ1) is 10.1. The van der Waals surface area contributed by atoms with Crippen LogP contribution >= 0.6 is 15.9 Å². The molecule has 1 aromatic carbocycles. The van der Waals surface area contributed by atoms with Gasteiger partial charge in [0.25, 0.3) is 0 Å². The Morgan fingerprint density at radius 3 is 2.10 bits per heavy atom. The van der Waals surface area contributed by atoms with Gasteiger partial charge in [0.15, 0.2) is 0 Å². The summed E-state index contributed by atoms with van der Waals surface area (Å²) in [6, 6.07) is 5.75. The summed E-state index contributed by atoms with van der Waals surface area (Å²) in [6.45, 7) is 1.99. The molecule has 4 heteroatoms. The van der Waals surface area contributed by atoms with E-state index < -0.39 is 0 Å². The highest BCUT2D eigenvalue weighted by Crippen LogP contribution is 2.51.